The highest BCUT2D eigenvalue weighted by Crippen LogP contribution is 2.22. The molecule has 0 unspecified atom stereocenters. The van der Waals surface area contributed by atoms with Gasteiger partial charge >= 0.3 is 5.97 Å². The van der Waals surface area contributed by atoms with Crippen molar-refractivity contribution in [1.82, 2.24) is 4.72 Å². The van der Waals surface area contributed by atoms with Gasteiger partial charge in [-0.3, -0.25) is 0 Å². The van der Waals surface area contributed by atoms with Crippen LogP contribution in [-0.2, 0) is 10.0 Å². The van der Waals surface area contributed by atoms with E-state index in [9.17, 15) is 22.0 Å². The van der Waals surface area contributed by atoms with Crippen LogP contribution in [0.25, 0.3) is 0 Å². The molecule has 0 saturated carbocycles. The number of hydrogen-bond donors (Lipinski definition) is 2. The van der Waals surface area contributed by atoms with Crippen LogP contribution in [-0.4, -0.2) is 32.0 Å². The number of rotatable bonds is 5. The minimum Gasteiger partial charge on any atom is -0.478 e. The van der Waals surface area contributed by atoms with Crippen molar-refractivity contribution in [2.24, 2.45) is 0 Å². The Morgan fingerprint density at radius 3 is 2.47 bits per heavy atom. The van der Waals surface area contributed by atoms with E-state index in [1.165, 1.54) is 0 Å². The van der Waals surface area contributed by atoms with Crippen LogP contribution in [0.2, 0.25) is 0 Å². The maximum atomic E-state index is 12.6. The van der Waals surface area contributed by atoms with Gasteiger partial charge in [0.1, 0.15) is 0 Å². The molecular formula is C10H10BrF2NO4S. The molecule has 1 aromatic carbocycles. The van der Waals surface area contributed by atoms with E-state index in [1.54, 1.807) is 4.72 Å². The molecular weight excluding hydrogens is 348 g/mol. The molecule has 0 amide bonds. The predicted octanol–water partition coefficient (Wildman–Crippen LogP) is 2.08. The lowest BCUT2D eigenvalue weighted by atomic mass is 10.2. The van der Waals surface area contributed by atoms with Gasteiger partial charge in [-0.05, 0) is 34.1 Å². The highest BCUT2D eigenvalue weighted by atomic mass is 79.9. The summed E-state index contributed by atoms with van der Waals surface area (Å²) in [4.78, 5) is 10.4. The van der Waals surface area contributed by atoms with Crippen molar-refractivity contribution in [3.05, 3.63) is 28.2 Å². The van der Waals surface area contributed by atoms with Gasteiger partial charge in [0.15, 0.2) is 0 Å². The number of nitrogens with one attached hydrogen (secondary N) is 1. The van der Waals surface area contributed by atoms with Crippen LogP contribution >= 0.6 is 15.9 Å². The third-order valence-electron chi connectivity index (χ3n) is 2.05. The number of hydrogen-bond acceptors (Lipinski definition) is 3. The minimum atomic E-state index is -4.11. The van der Waals surface area contributed by atoms with Gasteiger partial charge in [-0.15, -0.1) is 0 Å². The fourth-order valence-corrected chi connectivity index (χ4v) is 2.97. The lowest BCUT2D eigenvalue weighted by Gasteiger charge is -2.12. The number of alkyl halides is 2. The number of sulfonamides is 1. The molecule has 0 radical (unpaired) electrons. The fraction of sp³-hybridized carbons (Fsp3) is 0.300. The first-order chi connectivity index (χ1) is 8.53. The molecule has 5 nitrogen and oxygen atoms in total. The lowest BCUT2D eigenvalue weighted by Crippen LogP contribution is -2.34. The zero-order valence-corrected chi connectivity index (χ0v) is 12.1. The summed E-state index contributed by atoms with van der Waals surface area (Å²) in [6.07, 6.45) is 0. The van der Waals surface area contributed by atoms with Crippen molar-refractivity contribution in [1.29, 1.82) is 0 Å². The topological polar surface area (TPSA) is 83.5 Å². The average molecular weight is 358 g/mol. The first kappa shape index (κ1) is 16.0. The van der Waals surface area contributed by atoms with Gasteiger partial charge in [0.05, 0.1) is 17.0 Å². The second-order valence-corrected chi connectivity index (χ2v) is 6.46. The van der Waals surface area contributed by atoms with E-state index in [2.05, 4.69) is 15.9 Å². The Kier molecular flexibility index (Phi) is 4.64. The van der Waals surface area contributed by atoms with E-state index >= 15 is 0 Å². The van der Waals surface area contributed by atoms with Gasteiger partial charge in [0.25, 0.3) is 5.92 Å². The molecule has 0 saturated heterocycles. The van der Waals surface area contributed by atoms with Gasteiger partial charge in [0, 0.05) is 11.4 Å². The lowest BCUT2D eigenvalue weighted by molar-refractivity contribution is 0.0281. The average Bonchev–Trinajstić information content (AvgIpc) is 2.25. The zero-order valence-electron chi connectivity index (χ0n) is 9.65. The van der Waals surface area contributed by atoms with Crippen molar-refractivity contribution >= 4 is 31.9 Å². The smallest absolute Gasteiger partial charge is 0.336 e. The molecule has 0 aliphatic carbocycles. The van der Waals surface area contributed by atoms with Crippen LogP contribution in [0.4, 0.5) is 8.78 Å². The summed E-state index contributed by atoms with van der Waals surface area (Å²) in [5, 5.41) is 8.78. The Morgan fingerprint density at radius 2 is 2.05 bits per heavy atom. The maximum absolute atomic E-state index is 12.6. The third-order valence-corrected chi connectivity index (χ3v) is 4.11. The molecule has 0 heterocycles. The Balaban J connectivity index is 3.03. The van der Waals surface area contributed by atoms with Crippen molar-refractivity contribution in [3.8, 4) is 0 Å². The molecule has 9 heteroatoms. The summed E-state index contributed by atoms with van der Waals surface area (Å²) in [5.41, 5.74) is -0.125. The van der Waals surface area contributed by atoms with Crippen molar-refractivity contribution in [2.75, 3.05) is 6.54 Å². The first-order valence-corrected chi connectivity index (χ1v) is 7.21. The quantitative estimate of drug-likeness (QED) is 0.844. The van der Waals surface area contributed by atoms with Crippen molar-refractivity contribution in [3.63, 3.8) is 0 Å². The van der Waals surface area contributed by atoms with Crippen molar-refractivity contribution < 1.29 is 27.1 Å². The highest BCUT2D eigenvalue weighted by molar-refractivity contribution is 9.10. The van der Waals surface area contributed by atoms with Gasteiger partial charge in [-0.1, -0.05) is 0 Å². The second kappa shape index (κ2) is 5.51. The highest BCUT2D eigenvalue weighted by Gasteiger charge is 2.25. The SMILES string of the molecule is CC(F)(F)CNS(=O)(=O)c1ccc(C(=O)O)c(Br)c1. The van der Waals surface area contributed by atoms with E-state index in [0.29, 0.717) is 6.92 Å². The molecule has 1 aromatic rings. The largest absolute Gasteiger partial charge is 0.478 e. The van der Waals surface area contributed by atoms with E-state index in [-0.39, 0.29) is 14.9 Å². The number of carbonyl (C=O) groups is 1. The predicted molar refractivity (Wildman–Crippen MR) is 66.9 cm³/mol. The Morgan fingerprint density at radius 1 is 1.47 bits per heavy atom. The molecule has 0 aliphatic rings. The minimum absolute atomic E-state index is 0.0473. The molecule has 19 heavy (non-hydrogen) atoms. The summed E-state index contributed by atoms with van der Waals surface area (Å²) in [7, 11) is -4.11. The van der Waals surface area contributed by atoms with Crippen molar-refractivity contribution in [2.45, 2.75) is 17.7 Å². The third kappa shape index (κ3) is 4.51. The number of aromatic carboxylic acids is 1. The fourth-order valence-electron chi connectivity index (χ4n) is 1.14. The summed E-state index contributed by atoms with van der Waals surface area (Å²) in [6.45, 7) is -0.452. The van der Waals surface area contributed by atoms with Gasteiger partial charge in [-0.25, -0.2) is 26.7 Å². The van der Waals surface area contributed by atoms with Crippen LogP contribution in [0, 0.1) is 0 Å². The second-order valence-electron chi connectivity index (χ2n) is 3.84. The van der Waals surface area contributed by atoms with E-state index in [4.69, 9.17) is 5.11 Å². The molecule has 2 N–H and O–H groups in total. The monoisotopic (exact) mass is 357 g/mol. The number of carboxylic acids is 1. The number of benzene rings is 1. The molecule has 0 bridgehead atoms. The summed E-state index contributed by atoms with van der Waals surface area (Å²) < 4.78 is 50.4. The van der Waals surface area contributed by atoms with Crippen LogP contribution in [0.5, 0.6) is 0 Å². The Labute approximate surface area is 116 Å². The van der Waals surface area contributed by atoms with E-state index in [0.717, 1.165) is 18.2 Å². The molecule has 1 rings (SSSR count). The molecule has 0 fully saturated rings. The van der Waals surface area contributed by atoms with Crippen LogP contribution in [0.1, 0.15) is 17.3 Å². The summed E-state index contributed by atoms with van der Waals surface area (Å²) >= 11 is 2.91. The van der Waals surface area contributed by atoms with Crippen LogP contribution in [0.15, 0.2) is 27.6 Å². The summed E-state index contributed by atoms with van der Waals surface area (Å²) in [6, 6.07) is 3.15. The van der Waals surface area contributed by atoms with Crippen LogP contribution < -0.4 is 4.72 Å². The van der Waals surface area contributed by atoms with E-state index in [1.807, 2.05) is 0 Å². The Hall–Kier alpha value is -1.06. The molecule has 0 aliphatic heterocycles. The first-order valence-electron chi connectivity index (χ1n) is 4.93. The van der Waals surface area contributed by atoms with Gasteiger partial charge < -0.3 is 5.11 Å². The number of halogens is 3. The zero-order chi connectivity index (χ0) is 14.8. The van der Waals surface area contributed by atoms with Gasteiger partial charge in [0.2, 0.25) is 10.0 Å². The standard InChI is InChI=1S/C10H10BrF2NO4S/c1-10(12,13)5-14-19(17,18)6-2-3-7(9(15)16)8(11)4-6/h2-4,14H,5H2,1H3,(H,15,16). The van der Waals surface area contributed by atoms with E-state index < -0.39 is 28.5 Å². The molecule has 0 aromatic heterocycles. The number of carboxylic acid groups (broad SMARTS) is 1. The molecule has 0 spiro atoms. The molecule has 0 atom stereocenters. The Bertz CT molecular complexity index is 598. The maximum Gasteiger partial charge on any atom is 0.336 e. The summed E-state index contributed by atoms with van der Waals surface area (Å²) in [5.74, 6) is -4.41. The molecule has 106 valence electrons. The van der Waals surface area contributed by atoms with Crippen LogP contribution in [0.3, 0.4) is 0 Å². The normalized spacial score (nSPS) is 12.4. The van der Waals surface area contributed by atoms with Gasteiger partial charge in [-0.2, -0.15) is 0 Å².